The second kappa shape index (κ2) is 10.7. The third-order valence-corrected chi connectivity index (χ3v) is 6.53. The summed E-state index contributed by atoms with van der Waals surface area (Å²) >= 11 is 0. The Morgan fingerprint density at radius 3 is 2.32 bits per heavy atom. The summed E-state index contributed by atoms with van der Waals surface area (Å²) < 4.78 is 24.0. The number of aromatic nitrogens is 1. The molecule has 8 heteroatoms. The highest BCUT2D eigenvalue weighted by Crippen LogP contribution is 2.44. The molecule has 0 bridgehead atoms. The number of ether oxygens (including phenoxy) is 4. The van der Waals surface area contributed by atoms with E-state index in [9.17, 15) is 4.79 Å². The first-order valence-electron chi connectivity index (χ1n) is 11.6. The number of benzene rings is 2. The van der Waals surface area contributed by atoms with Gasteiger partial charge in [0.1, 0.15) is 5.75 Å². The van der Waals surface area contributed by atoms with Crippen LogP contribution in [0.2, 0.25) is 0 Å². The van der Waals surface area contributed by atoms with E-state index in [0.29, 0.717) is 35.1 Å². The Morgan fingerprint density at radius 2 is 1.71 bits per heavy atom. The molecule has 2 N–H and O–H groups in total. The second-order valence-electron chi connectivity index (χ2n) is 8.55. The molecule has 1 aliphatic rings. The predicted octanol–water partition coefficient (Wildman–Crippen LogP) is 3.93. The van der Waals surface area contributed by atoms with Gasteiger partial charge in [0.25, 0.3) is 0 Å². The Bertz CT molecular complexity index is 1120. The van der Waals surface area contributed by atoms with E-state index in [2.05, 4.69) is 4.90 Å². The van der Waals surface area contributed by atoms with E-state index >= 15 is 0 Å². The van der Waals surface area contributed by atoms with Gasteiger partial charge in [0.05, 0.1) is 33.5 Å². The molecule has 1 fully saturated rings. The molecule has 0 atom stereocenters. The van der Waals surface area contributed by atoms with Crippen molar-refractivity contribution >= 4 is 16.9 Å². The van der Waals surface area contributed by atoms with E-state index in [1.54, 1.807) is 32.0 Å². The molecular formula is C26H33N3O5. The number of hydrogen-bond acceptors (Lipinski definition) is 6. The lowest BCUT2D eigenvalue weighted by Crippen LogP contribution is -2.37. The normalized spacial score (nSPS) is 14.8. The van der Waals surface area contributed by atoms with Gasteiger partial charge in [-0.15, -0.1) is 0 Å². The number of likely N-dealkylation sites (tertiary alicyclic amines) is 1. The zero-order valence-electron chi connectivity index (χ0n) is 20.1. The maximum Gasteiger partial charge on any atom is 0.323 e. The summed E-state index contributed by atoms with van der Waals surface area (Å²) in [5, 5.41) is 0.769. The molecule has 3 aromatic rings. The summed E-state index contributed by atoms with van der Waals surface area (Å²) in [5.41, 5.74) is 7.26. The molecule has 1 aromatic heterocycles. The average molecular weight is 468 g/mol. The van der Waals surface area contributed by atoms with Crippen LogP contribution >= 0.6 is 0 Å². The molecule has 0 unspecified atom stereocenters. The van der Waals surface area contributed by atoms with Crippen LogP contribution in [0.3, 0.4) is 0 Å². The van der Waals surface area contributed by atoms with Crippen molar-refractivity contribution in [3.63, 3.8) is 0 Å². The van der Waals surface area contributed by atoms with Crippen LogP contribution in [0.15, 0.2) is 42.5 Å². The van der Waals surface area contributed by atoms with Crippen LogP contribution in [0.5, 0.6) is 23.0 Å². The molecule has 2 heterocycles. The van der Waals surface area contributed by atoms with Gasteiger partial charge in [0.15, 0.2) is 11.5 Å². The summed E-state index contributed by atoms with van der Waals surface area (Å²) in [6.07, 6.45) is 2.87. The number of para-hydroxylation sites is 1. The molecule has 34 heavy (non-hydrogen) atoms. The van der Waals surface area contributed by atoms with Crippen molar-refractivity contribution in [3.05, 3.63) is 48.2 Å². The minimum absolute atomic E-state index is 0.485. The standard InChI is InChI=1S/C26H33N3O5/c1-31-23-16-22-21(24(32-2)25(23)33-3)15-19(29(22)26(27)30)11-14-28-12-9-18(10-13-28)17-34-20-7-5-4-6-8-20/h4-8,15-16,18H,9-14,17H2,1-3H3,(H2,27,30). The molecule has 1 saturated heterocycles. The smallest absolute Gasteiger partial charge is 0.323 e. The first-order chi connectivity index (χ1) is 16.5. The lowest BCUT2D eigenvalue weighted by atomic mass is 9.97. The van der Waals surface area contributed by atoms with E-state index in [1.807, 2.05) is 36.4 Å². The Morgan fingerprint density at radius 1 is 1.00 bits per heavy atom. The Labute approximate surface area is 200 Å². The second-order valence-corrected chi connectivity index (χ2v) is 8.55. The summed E-state index contributed by atoms with van der Waals surface area (Å²) in [5.74, 6) is 2.98. The third kappa shape index (κ3) is 4.92. The highest BCUT2D eigenvalue weighted by molar-refractivity contribution is 5.98. The number of carbonyl (C=O) groups excluding carboxylic acids is 1. The Balaban J connectivity index is 1.43. The number of nitrogens with zero attached hydrogens (tertiary/aromatic N) is 2. The Hall–Kier alpha value is -3.39. The number of piperidine rings is 1. The van der Waals surface area contributed by atoms with Crippen molar-refractivity contribution in [1.82, 2.24) is 9.47 Å². The highest BCUT2D eigenvalue weighted by Gasteiger charge is 2.24. The van der Waals surface area contributed by atoms with Gasteiger partial charge in [-0.2, -0.15) is 0 Å². The van der Waals surface area contributed by atoms with Gasteiger partial charge in [0, 0.05) is 30.1 Å². The van der Waals surface area contributed by atoms with Crippen molar-refractivity contribution in [2.45, 2.75) is 19.3 Å². The molecule has 8 nitrogen and oxygen atoms in total. The highest BCUT2D eigenvalue weighted by atomic mass is 16.5. The van der Waals surface area contributed by atoms with Crippen LogP contribution in [-0.2, 0) is 6.42 Å². The number of amides is 1. The maximum atomic E-state index is 12.4. The minimum Gasteiger partial charge on any atom is -0.493 e. The number of methoxy groups -OCH3 is 3. The van der Waals surface area contributed by atoms with Gasteiger partial charge in [-0.3, -0.25) is 4.57 Å². The summed E-state index contributed by atoms with van der Waals surface area (Å²) in [7, 11) is 4.69. The van der Waals surface area contributed by atoms with E-state index in [-0.39, 0.29) is 0 Å². The summed E-state index contributed by atoms with van der Waals surface area (Å²) in [6.45, 7) is 3.60. The van der Waals surface area contributed by atoms with Gasteiger partial charge < -0.3 is 29.6 Å². The Kier molecular flexibility index (Phi) is 7.47. The molecule has 4 rings (SSSR count). The number of rotatable bonds is 9. The van der Waals surface area contributed by atoms with Gasteiger partial charge in [-0.25, -0.2) is 4.79 Å². The van der Waals surface area contributed by atoms with Crippen LogP contribution in [0.4, 0.5) is 4.79 Å². The van der Waals surface area contributed by atoms with Crippen molar-refractivity contribution < 1.29 is 23.7 Å². The molecule has 0 radical (unpaired) electrons. The van der Waals surface area contributed by atoms with Crippen molar-refractivity contribution in [2.24, 2.45) is 11.7 Å². The number of fused-ring (bicyclic) bond motifs is 1. The van der Waals surface area contributed by atoms with E-state index in [0.717, 1.165) is 55.9 Å². The number of carbonyl (C=O) groups is 1. The fraction of sp³-hybridized carbons (Fsp3) is 0.423. The van der Waals surface area contributed by atoms with Crippen molar-refractivity contribution in [2.75, 3.05) is 47.6 Å². The average Bonchev–Trinajstić information content (AvgIpc) is 3.24. The van der Waals surface area contributed by atoms with Crippen LogP contribution < -0.4 is 24.7 Å². The molecule has 0 saturated carbocycles. The van der Waals surface area contributed by atoms with E-state index in [1.165, 1.54) is 0 Å². The van der Waals surface area contributed by atoms with Crippen LogP contribution in [0.25, 0.3) is 10.9 Å². The molecule has 2 aromatic carbocycles. The van der Waals surface area contributed by atoms with Crippen LogP contribution in [0.1, 0.15) is 18.5 Å². The zero-order valence-corrected chi connectivity index (χ0v) is 20.1. The van der Waals surface area contributed by atoms with E-state index in [4.69, 9.17) is 24.7 Å². The van der Waals surface area contributed by atoms with Gasteiger partial charge in [-0.1, -0.05) is 18.2 Å². The quantitative estimate of drug-likeness (QED) is 0.513. The van der Waals surface area contributed by atoms with Gasteiger partial charge in [-0.05, 0) is 50.0 Å². The largest absolute Gasteiger partial charge is 0.493 e. The third-order valence-electron chi connectivity index (χ3n) is 6.53. The van der Waals surface area contributed by atoms with Crippen molar-refractivity contribution in [3.8, 4) is 23.0 Å². The SMILES string of the molecule is COc1cc2c(cc(CCN3CCC(COc4ccccc4)CC3)n2C(N)=O)c(OC)c1OC. The minimum atomic E-state index is -0.531. The van der Waals surface area contributed by atoms with Gasteiger partial charge in [0.2, 0.25) is 5.75 Å². The predicted molar refractivity (Wildman–Crippen MR) is 131 cm³/mol. The lowest BCUT2D eigenvalue weighted by Gasteiger charge is -2.31. The first-order valence-corrected chi connectivity index (χ1v) is 11.6. The number of hydrogen-bond donors (Lipinski definition) is 1. The molecule has 182 valence electrons. The molecule has 0 spiro atoms. The lowest BCUT2D eigenvalue weighted by molar-refractivity contribution is 0.142. The maximum absolute atomic E-state index is 12.4. The fourth-order valence-electron chi connectivity index (χ4n) is 4.70. The van der Waals surface area contributed by atoms with Crippen LogP contribution in [0, 0.1) is 5.92 Å². The molecule has 1 aliphatic heterocycles. The summed E-state index contributed by atoms with van der Waals surface area (Å²) in [4.78, 5) is 14.8. The van der Waals surface area contributed by atoms with Crippen molar-refractivity contribution in [1.29, 1.82) is 0 Å². The molecular weight excluding hydrogens is 434 g/mol. The first kappa shape index (κ1) is 23.8. The molecule has 1 amide bonds. The molecule has 0 aliphatic carbocycles. The number of primary amides is 1. The monoisotopic (exact) mass is 467 g/mol. The fourth-order valence-corrected chi connectivity index (χ4v) is 4.70. The number of nitrogens with two attached hydrogens (primary N) is 1. The van der Waals surface area contributed by atoms with Crippen LogP contribution in [-0.4, -0.2) is 63.1 Å². The summed E-state index contributed by atoms with van der Waals surface area (Å²) in [6, 6.07) is 13.2. The zero-order chi connectivity index (χ0) is 24.1. The topological polar surface area (TPSA) is 88.2 Å². The van der Waals surface area contributed by atoms with E-state index < -0.39 is 6.03 Å². The van der Waals surface area contributed by atoms with Gasteiger partial charge >= 0.3 is 6.03 Å².